The van der Waals surface area contributed by atoms with Crippen LogP contribution in [-0.2, 0) is 6.54 Å². The predicted molar refractivity (Wildman–Crippen MR) is 131 cm³/mol. The molecule has 9 heteroatoms. The third kappa shape index (κ3) is 4.26. The van der Waals surface area contributed by atoms with E-state index >= 15 is 0 Å². The topological polar surface area (TPSA) is 83.7 Å². The quantitative estimate of drug-likeness (QED) is 0.346. The SMILES string of the molecule is Cc1cc(-c2n[nH]c3ccc(-c4nnc([C@@H]5CCCN(Cc6c(F)cccc6F)C5)o4)cc23)ccn1. The summed E-state index contributed by atoms with van der Waals surface area (Å²) in [6.45, 7) is 3.52. The second kappa shape index (κ2) is 9.23. The summed E-state index contributed by atoms with van der Waals surface area (Å²) in [5.41, 5.74) is 4.53. The van der Waals surface area contributed by atoms with Gasteiger partial charge in [0.15, 0.2) is 0 Å². The van der Waals surface area contributed by atoms with Crippen LogP contribution in [0.2, 0.25) is 0 Å². The molecular formula is C27H24F2N6O. The van der Waals surface area contributed by atoms with Crippen molar-refractivity contribution in [3.8, 4) is 22.7 Å². The molecule has 1 aliphatic rings. The standard InChI is InChI=1S/C27H24F2N6O/c1-16-12-17(9-10-30-16)25-20-13-18(7-8-24(20)31-32-25)26-33-34-27(36-26)19-4-3-11-35(14-19)15-21-22(28)5-2-6-23(21)29/h2,5-10,12-13,19H,3-4,11,14-15H2,1H3,(H,31,32)/t19-/m1/s1. The minimum Gasteiger partial charge on any atom is -0.420 e. The highest BCUT2D eigenvalue weighted by molar-refractivity contribution is 5.95. The van der Waals surface area contributed by atoms with Gasteiger partial charge in [0.2, 0.25) is 11.8 Å². The van der Waals surface area contributed by atoms with Crippen molar-refractivity contribution in [2.75, 3.05) is 13.1 Å². The van der Waals surface area contributed by atoms with E-state index in [1.807, 2.05) is 42.2 Å². The number of fused-ring (bicyclic) bond motifs is 1. The maximum atomic E-state index is 14.1. The highest BCUT2D eigenvalue weighted by atomic mass is 19.1. The molecule has 7 nitrogen and oxygen atoms in total. The molecule has 0 radical (unpaired) electrons. The number of aryl methyl sites for hydroxylation is 1. The fraction of sp³-hybridized carbons (Fsp3) is 0.259. The van der Waals surface area contributed by atoms with E-state index < -0.39 is 11.6 Å². The largest absolute Gasteiger partial charge is 0.420 e. The molecule has 5 aromatic rings. The third-order valence-electron chi connectivity index (χ3n) is 6.72. The van der Waals surface area contributed by atoms with Gasteiger partial charge in [-0.1, -0.05) is 6.07 Å². The van der Waals surface area contributed by atoms with Crippen LogP contribution in [0.5, 0.6) is 0 Å². The Morgan fingerprint density at radius 2 is 1.92 bits per heavy atom. The number of hydrogen-bond acceptors (Lipinski definition) is 6. The first-order valence-electron chi connectivity index (χ1n) is 12.0. The van der Waals surface area contributed by atoms with Gasteiger partial charge in [0.05, 0.1) is 11.4 Å². The number of piperidine rings is 1. The lowest BCUT2D eigenvalue weighted by Gasteiger charge is -2.31. The summed E-state index contributed by atoms with van der Waals surface area (Å²) in [5, 5.41) is 17.2. The van der Waals surface area contributed by atoms with Gasteiger partial charge in [0, 0.05) is 47.1 Å². The molecule has 0 spiro atoms. The van der Waals surface area contributed by atoms with Crippen molar-refractivity contribution < 1.29 is 13.2 Å². The number of aromatic nitrogens is 5. The minimum absolute atomic E-state index is 0.00264. The Kier molecular flexibility index (Phi) is 5.77. The lowest BCUT2D eigenvalue weighted by atomic mass is 9.97. The van der Waals surface area contributed by atoms with Crippen molar-refractivity contribution in [3.05, 3.63) is 83.5 Å². The number of nitrogens with zero attached hydrogens (tertiary/aromatic N) is 5. The second-order valence-electron chi connectivity index (χ2n) is 9.24. The Morgan fingerprint density at radius 3 is 2.75 bits per heavy atom. The molecular weight excluding hydrogens is 462 g/mol. The molecule has 1 saturated heterocycles. The maximum Gasteiger partial charge on any atom is 0.247 e. The molecule has 2 aromatic carbocycles. The first-order valence-corrected chi connectivity index (χ1v) is 12.0. The number of H-pyrrole nitrogens is 1. The van der Waals surface area contributed by atoms with Crippen molar-refractivity contribution in [1.29, 1.82) is 0 Å². The molecule has 0 saturated carbocycles. The lowest BCUT2D eigenvalue weighted by molar-refractivity contribution is 0.182. The molecule has 6 rings (SSSR count). The molecule has 36 heavy (non-hydrogen) atoms. The van der Waals surface area contributed by atoms with Crippen LogP contribution in [0.4, 0.5) is 8.78 Å². The van der Waals surface area contributed by atoms with Gasteiger partial charge in [-0.25, -0.2) is 8.78 Å². The van der Waals surface area contributed by atoms with Crippen molar-refractivity contribution in [2.24, 2.45) is 0 Å². The van der Waals surface area contributed by atoms with Crippen molar-refractivity contribution in [3.63, 3.8) is 0 Å². The number of benzene rings is 2. The van der Waals surface area contributed by atoms with Gasteiger partial charge in [-0.3, -0.25) is 15.0 Å². The Morgan fingerprint density at radius 1 is 1.06 bits per heavy atom. The number of rotatable bonds is 5. The molecule has 1 atom stereocenters. The van der Waals surface area contributed by atoms with E-state index in [1.54, 1.807) is 6.20 Å². The van der Waals surface area contributed by atoms with Crippen LogP contribution in [0.1, 0.15) is 35.9 Å². The first-order chi connectivity index (χ1) is 17.5. The van der Waals surface area contributed by atoms with E-state index in [4.69, 9.17) is 4.42 Å². The second-order valence-corrected chi connectivity index (χ2v) is 9.24. The number of nitrogens with one attached hydrogen (secondary N) is 1. The summed E-state index contributed by atoms with van der Waals surface area (Å²) in [6.07, 6.45) is 3.53. The van der Waals surface area contributed by atoms with Crippen LogP contribution in [0.15, 0.2) is 59.1 Å². The van der Waals surface area contributed by atoms with Crippen LogP contribution in [-0.4, -0.2) is 43.4 Å². The molecule has 0 unspecified atom stereocenters. The number of halogens is 2. The summed E-state index contributed by atoms with van der Waals surface area (Å²) in [5.74, 6) is -0.0627. The summed E-state index contributed by atoms with van der Waals surface area (Å²) < 4.78 is 34.4. The van der Waals surface area contributed by atoms with Crippen LogP contribution in [0.3, 0.4) is 0 Å². The average molecular weight is 487 g/mol. The number of hydrogen-bond donors (Lipinski definition) is 1. The molecule has 1 fully saturated rings. The zero-order valence-electron chi connectivity index (χ0n) is 19.7. The van der Waals surface area contributed by atoms with Gasteiger partial charge in [-0.2, -0.15) is 5.10 Å². The Balaban J connectivity index is 1.24. The number of likely N-dealkylation sites (tertiary alicyclic amines) is 1. The summed E-state index contributed by atoms with van der Waals surface area (Å²) in [6, 6.07) is 13.8. The Bertz CT molecular complexity index is 1520. The van der Waals surface area contributed by atoms with Crippen LogP contribution < -0.4 is 0 Å². The van der Waals surface area contributed by atoms with E-state index in [1.165, 1.54) is 18.2 Å². The van der Waals surface area contributed by atoms with Crippen molar-refractivity contribution >= 4 is 10.9 Å². The molecule has 0 amide bonds. The fourth-order valence-corrected chi connectivity index (χ4v) is 4.88. The zero-order valence-corrected chi connectivity index (χ0v) is 19.7. The van der Waals surface area contributed by atoms with Gasteiger partial charge in [-0.15, -0.1) is 10.2 Å². The van der Waals surface area contributed by atoms with Gasteiger partial charge in [0.1, 0.15) is 17.3 Å². The van der Waals surface area contributed by atoms with E-state index in [2.05, 4.69) is 25.4 Å². The third-order valence-corrected chi connectivity index (χ3v) is 6.72. The highest BCUT2D eigenvalue weighted by Crippen LogP contribution is 2.33. The monoisotopic (exact) mass is 486 g/mol. The maximum absolute atomic E-state index is 14.1. The predicted octanol–water partition coefficient (Wildman–Crippen LogP) is 5.64. The van der Waals surface area contributed by atoms with Crippen molar-refractivity contribution in [1.82, 2.24) is 30.3 Å². The molecule has 0 bridgehead atoms. The van der Waals surface area contributed by atoms with Gasteiger partial charge in [-0.05, 0) is 68.8 Å². The first kappa shape index (κ1) is 22.5. The molecule has 3 aromatic heterocycles. The fourth-order valence-electron chi connectivity index (χ4n) is 4.88. The van der Waals surface area contributed by atoms with Crippen molar-refractivity contribution in [2.45, 2.75) is 32.2 Å². The van der Waals surface area contributed by atoms with Crippen LogP contribution in [0.25, 0.3) is 33.6 Å². The normalized spacial score (nSPS) is 16.6. The van der Waals surface area contributed by atoms with Gasteiger partial charge >= 0.3 is 0 Å². The zero-order chi connectivity index (χ0) is 24.6. The summed E-state index contributed by atoms with van der Waals surface area (Å²) >= 11 is 0. The Labute approximate surface area is 206 Å². The number of pyridine rings is 1. The van der Waals surface area contributed by atoms with Gasteiger partial charge in [0.25, 0.3) is 0 Å². The van der Waals surface area contributed by atoms with E-state index in [0.29, 0.717) is 18.3 Å². The Hall–Kier alpha value is -3.98. The highest BCUT2D eigenvalue weighted by Gasteiger charge is 2.27. The van der Waals surface area contributed by atoms with Crippen LogP contribution >= 0.6 is 0 Å². The lowest BCUT2D eigenvalue weighted by Crippen LogP contribution is -2.34. The number of aromatic amines is 1. The smallest absolute Gasteiger partial charge is 0.247 e. The van der Waals surface area contributed by atoms with E-state index in [-0.39, 0.29) is 18.0 Å². The molecule has 4 heterocycles. The minimum atomic E-state index is -0.520. The van der Waals surface area contributed by atoms with Gasteiger partial charge < -0.3 is 4.42 Å². The van der Waals surface area contributed by atoms with E-state index in [0.717, 1.165) is 52.8 Å². The van der Waals surface area contributed by atoms with Crippen LogP contribution in [0, 0.1) is 18.6 Å². The molecule has 182 valence electrons. The average Bonchev–Trinajstić information content (AvgIpc) is 3.54. The molecule has 1 N–H and O–H groups in total. The van der Waals surface area contributed by atoms with E-state index in [9.17, 15) is 8.78 Å². The molecule has 0 aliphatic carbocycles. The summed E-state index contributed by atoms with van der Waals surface area (Å²) in [4.78, 5) is 6.31. The molecule has 1 aliphatic heterocycles. The summed E-state index contributed by atoms with van der Waals surface area (Å²) in [7, 11) is 0.